The molecule has 2 aliphatic rings. The van der Waals surface area contributed by atoms with Crippen molar-refractivity contribution in [1.29, 1.82) is 0 Å². The normalized spacial score (nSPS) is 13.2. The molecule has 0 bridgehead atoms. The van der Waals surface area contributed by atoms with Crippen LogP contribution in [0.4, 0.5) is 8.78 Å². The Balaban J connectivity index is 0.000000159. The van der Waals surface area contributed by atoms with Gasteiger partial charge >= 0.3 is 5.97 Å². The maximum absolute atomic E-state index is 13.2. The first kappa shape index (κ1) is 33.4. The second kappa shape index (κ2) is 14.0. The predicted molar refractivity (Wildman–Crippen MR) is 192 cm³/mol. The number of hydrogen-bond donors (Lipinski definition) is 0. The van der Waals surface area contributed by atoms with Gasteiger partial charge in [0.2, 0.25) is 0 Å². The van der Waals surface area contributed by atoms with Gasteiger partial charge in [0, 0.05) is 35.2 Å². The van der Waals surface area contributed by atoms with Gasteiger partial charge in [-0.1, -0.05) is 24.3 Å². The molecule has 0 saturated carbocycles. The van der Waals surface area contributed by atoms with E-state index in [-0.39, 0.29) is 18.2 Å². The first-order chi connectivity index (χ1) is 24.2. The highest BCUT2D eigenvalue weighted by atomic mass is 19.1. The Morgan fingerprint density at radius 2 is 1.12 bits per heavy atom. The average molecular weight is 677 g/mol. The number of carbonyl (C=O) groups is 1. The number of halogens is 2. The summed E-state index contributed by atoms with van der Waals surface area (Å²) < 4.78 is 47.1. The van der Waals surface area contributed by atoms with Gasteiger partial charge in [0.1, 0.15) is 23.1 Å². The van der Waals surface area contributed by atoms with E-state index in [9.17, 15) is 13.6 Å². The number of nitrogens with zero attached hydrogens (tertiary/aromatic N) is 2. The first-order valence-electron chi connectivity index (χ1n) is 17.3. The summed E-state index contributed by atoms with van der Waals surface area (Å²) in [5, 5.41) is 2.20. The van der Waals surface area contributed by atoms with E-state index in [1.54, 1.807) is 7.11 Å². The molecule has 258 valence electrons. The maximum Gasteiger partial charge on any atom is 0.343 e. The van der Waals surface area contributed by atoms with E-state index < -0.39 is 5.97 Å². The minimum atomic E-state index is -0.397. The highest BCUT2D eigenvalue weighted by Gasteiger charge is 2.23. The molecule has 6 nitrogen and oxygen atoms in total. The number of carbonyl (C=O) groups excluding carboxylic acids is 1. The van der Waals surface area contributed by atoms with Crippen molar-refractivity contribution < 1.29 is 27.8 Å². The van der Waals surface area contributed by atoms with Crippen molar-refractivity contribution in [2.45, 2.75) is 65.5 Å². The van der Waals surface area contributed by atoms with Gasteiger partial charge < -0.3 is 23.3 Å². The van der Waals surface area contributed by atoms with Gasteiger partial charge in [-0.05, 0) is 134 Å². The van der Waals surface area contributed by atoms with Crippen LogP contribution in [0.15, 0.2) is 72.8 Å². The van der Waals surface area contributed by atoms with E-state index in [0.717, 1.165) is 77.9 Å². The largest absolute Gasteiger partial charge is 0.496 e. The van der Waals surface area contributed by atoms with Crippen LogP contribution in [0.25, 0.3) is 21.8 Å². The third kappa shape index (κ3) is 6.47. The lowest BCUT2D eigenvalue weighted by Crippen LogP contribution is -2.13. The number of methoxy groups -OCH3 is 2. The molecule has 0 unspecified atom stereocenters. The van der Waals surface area contributed by atoms with Crippen LogP contribution < -0.4 is 9.47 Å². The number of aryl methyl sites for hydroxylation is 6. The number of rotatable bonds is 8. The average Bonchev–Trinajstić information content (AvgIpc) is 3.91. The minimum Gasteiger partial charge on any atom is -0.496 e. The molecule has 2 aromatic heterocycles. The molecule has 0 spiro atoms. The zero-order valence-corrected chi connectivity index (χ0v) is 29.1. The molecule has 0 aliphatic heterocycles. The smallest absolute Gasteiger partial charge is 0.343 e. The van der Waals surface area contributed by atoms with Crippen LogP contribution in [0.1, 0.15) is 57.6 Å². The predicted octanol–water partition coefficient (Wildman–Crippen LogP) is 8.81. The monoisotopic (exact) mass is 676 g/mol. The first-order valence-corrected chi connectivity index (χ1v) is 17.3. The van der Waals surface area contributed by atoms with Crippen LogP contribution in [0.5, 0.6) is 11.5 Å². The Morgan fingerprint density at radius 3 is 1.58 bits per heavy atom. The summed E-state index contributed by atoms with van der Waals surface area (Å²) in [6, 6.07) is 22.0. The van der Waals surface area contributed by atoms with Gasteiger partial charge in [-0.2, -0.15) is 0 Å². The standard InChI is InChI=1S/C22H22FNO3.C20H20FNO/c1-14-10-19-20(27-13-21(25)26-2)11-16-4-3-5-18(16)22(19)24(14)12-15-6-8-17(23)9-7-15;1-13-10-18-19(23-2)11-15-4-3-5-17(15)20(18)22(13)12-14-6-8-16(21)9-7-14/h6-11H,3-5,12-13H2,1-2H3;6-11H,3-5,12H2,1-2H3. The molecule has 2 aliphatic carbocycles. The lowest BCUT2D eigenvalue weighted by Gasteiger charge is -2.14. The molecule has 8 heteroatoms. The quantitative estimate of drug-likeness (QED) is 0.151. The van der Waals surface area contributed by atoms with Crippen molar-refractivity contribution in [2.24, 2.45) is 0 Å². The summed E-state index contributed by atoms with van der Waals surface area (Å²) in [6.07, 6.45) is 6.63. The van der Waals surface area contributed by atoms with Crippen LogP contribution in [0.2, 0.25) is 0 Å². The van der Waals surface area contributed by atoms with Gasteiger partial charge in [-0.3, -0.25) is 0 Å². The van der Waals surface area contributed by atoms with Crippen LogP contribution in [-0.2, 0) is 48.3 Å². The van der Waals surface area contributed by atoms with Crippen molar-refractivity contribution in [2.75, 3.05) is 20.8 Å². The molecule has 50 heavy (non-hydrogen) atoms. The van der Waals surface area contributed by atoms with Crippen LogP contribution >= 0.6 is 0 Å². The third-order valence-corrected chi connectivity index (χ3v) is 10.1. The summed E-state index contributed by atoms with van der Waals surface area (Å²) in [5.41, 5.74) is 12.4. The second-order valence-electron chi connectivity index (χ2n) is 13.3. The van der Waals surface area contributed by atoms with E-state index in [1.165, 1.54) is 76.6 Å². The number of ether oxygens (including phenoxy) is 3. The number of fused-ring (bicyclic) bond motifs is 6. The number of benzene rings is 4. The molecular weight excluding hydrogens is 634 g/mol. The highest BCUT2D eigenvalue weighted by molar-refractivity contribution is 5.93. The number of hydrogen-bond acceptors (Lipinski definition) is 4. The third-order valence-electron chi connectivity index (χ3n) is 10.1. The number of esters is 1. The van der Waals surface area contributed by atoms with Crippen molar-refractivity contribution in [1.82, 2.24) is 9.13 Å². The fraction of sp³-hybridized carbons (Fsp3) is 0.310. The van der Waals surface area contributed by atoms with Crippen molar-refractivity contribution >= 4 is 27.8 Å². The molecule has 0 radical (unpaired) electrons. The minimum absolute atomic E-state index is 0.105. The van der Waals surface area contributed by atoms with Gasteiger partial charge in [-0.25, -0.2) is 13.6 Å². The Labute approximate surface area is 291 Å². The molecule has 4 aromatic carbocycles. The Kier molecular flexibility index (Phi) is 9.36. The van der Waals surface area contributed by atoms with Crippen molar-refractivity contribution in [3.8, 4) is 11.5 Å². The van der Waals surface area contributed by atoms with E-state index in [4.69, 9.17) is 14.2 Å². The van der Waals surface area contributed by atoms with Crippen LogP contribution in [0.3, 0.4) is 0 Å². The molecular formula is C42H42F2N2O4. The van der Waals surface area contributed by atoms with E-state index in [2.05, 4.69) is 47.2 Å². The summed E-state index contributed by atoms with van der Waals surface area (Å²) in [5.74, 6) is 0.863. The molecule has 0 saturated heterocycles. The highest BCUT2D eigenvalue weighted by Crippen LogP contribution is 2.40. The van der Waals surface area contributed by atoms with E-state index in [1.807, 2.05) is 24.3 Å². The summed E-state index contributed by atoms with van der Waals surface area (Å²) in [7, 11) is 3.09. The Morgan fingerprint density at radius 1 is 0.660 bits per heavy atom. The van der Waals surface area contributed by atoms with Gasteiger partial charge in [-0.15, -0.1) is 0 Å². The zero-order valence-electron chi connectivity index (χ0n) is 29.1. The molecule has 0 amide bonds. The van der Waals surface area contributed by atoms with E-state index >= 15 is 0 Å². The molecule has 0 N–H and O–H groups in total. The SMILES string of the molecule is COC(=O)COc1cc2c(c3c1cc(C)n3Cc1ccc(F)cc1)CCC2.COc1cc2c(c3c1cc(C)n3Cc1ccc(F)cc1)CCC2. The molecule has 6 aromatic rings. The van der Waals surface area contributed by atoms with Crippen LogP contribution in [0, 0.1) is 25.5 Å². The van der Waals surface area contributed by atoms with Gasteiger partial charge in [0.15, 0.2) is 6.61 Å². The molecule has 0 atom stereocenters. The van der Waals surface area contributed by atoms with E-state index in [0.29, 0.717) is 6.54 Å². The topological polar surface area (TPSA) is 54.6 Å². The lowest BCUT2D eigenvalue weighted by atomic mass is 10.1. The number of aromatic nitrogens is 2. The fourth-order valence-electron chi connectivity index (χ4n) is 7.68. The van der Waals surface area contributed by atoms with Crippen molar-refractivity contribution in [3.63, 3.8) is 0 Å². The molecule has 2 heterocycles. The van der Waals surface area contributed by atoms with Gasteiger partial charge in [0.25, 0.3) is 0 Å². The Bertz CT molecular complexity index is 2200. The maximum atomic E-state index is 13.2. The summed E-state index contributed by atoms with van der Waals surface area (Å²) >= 11 is 0. The van der Waals surface area contributed by atoms with Gasteiger partial charge in [0.05, 0.1) is 25.3 Å². The summed E-state index contributed by atoms with van der Waals surface area (Å²) in [6.45, 7) is 5.52. The summed E-state index contributed by atoms with van der Waals surface area (Å²) in [4.78, 5) is 11.5. The zero-order chi connectivity index (χ0) is 34.9. The fourth-order valence-corrected chi connectivity index (χ4v) is 7.68. The molecule has 8 rings (SSSR count). The van der Waals surface area contributed by atoms with Crippen molar-refractivity contribution in [3.05, 3.63) is 129 Å². The Hall–Kier alpha value is -5.11. The second-order valence-corrected chi connectivity index (χ2v) is 13.3. The lowest BCUT2D eigenvalue weighted by molar-refractivity contribution is -0.142. The molecule has 0 fully saturated rings. The van der Waals surface area contributed by atoms with Crippen LogP contribution in [-0.4, -0.2) is 35.9 Å².